The highest BCUT2D eigenvalue weighted by Crippen LogP contribution is 2.46. The van der Waals surface area contributed by atoms with Gasteiger partial charge in [0.05, 0.1) is 17.8 Å². The molecule has 0 aliphatic heterocycles. The molecule has 0 amide bonds. The quantitative estimate of drug-likeness (QED) is 0.485. The average molecular weight is 433 g/mol. The van der Waals surface area contributed by atoms with Crippen molar-refractivity contribution < 1.29 is 17.9 Å². The van der Waals surface area contributed by atoms with Gasteiger partial charge in [0.15, 0.2) is 10.8 Å². The van der Waals surface area contributed by atoms with E-state index in [-0.39, 0.29) is 10.9 Å². The smallest absolute Gasteiger partial charge is 0.436 e. The number of alkyl halides is 3. The van der Waals surface area contributed by atoms with Gasteiger partial charge in [-0.25, -0.2) is 0 Å². The van der Waals surface area contributed by atoms with Crippen LogP contribution >= 0.6 is 23.8 Å². The Labute approximate surface area is 171 Å². The first-order valence-corrected chi connectivity index (χ1v) is 9.60. The number of rotatable bonds is 7. The molecule has 152 valence electrons. The second kappa shape index (κ2) is 8.57. The summed E-state index contributed by atoms with van der Waals surface area (Å²) in [6.07, 6.45) is -2.31. The summed E-state index contributed by atoms with van der Waals surface area (Å²) in [6, 6.07) is 7.32. The normalized spacial score (nSPS) is 14.0. The van der Waals surface area contributed by atoms with Gasteiger partial charge in [-0.05, 0) is 43.6 Å². The van der Waals surface area contributed by atoms with Gasteiger partial charge in [0.2, 0.25) is 0 Å². The summed E-state index contributed by atoms with van der Waals surface area (Å²) in [5.41, 5.74) is 0.270. The molecule has 0 unspecified atom stereocenters. The molecule has 0 atom stereocenters. The first-order valence-electron chi connectivity index (χ1n) is 8.82. The van der Waals surface area contributed by atoms with Crippen LogP contribution in [0.15, 0.2) is 24.3 Å². The van der Waals surface area contributed by atoms with E-state index < -0.39 is 11.9 Å². The number of nitrogens with zero attached hydrogens (tertiary/aromatic N) is 2. The largest absolute Gasteiger partial charge is 0.497 e. The maximum atomic E-state index is 13.1. The van der Waals surface area contributed by atoms with Gasteiger partial charge in [-0.1, -0.05) is 17.7 Å². The number of hydrogen-bond donors (Lipinski definition) is 2. The SMILES string of the molecule is COc1cccc(NC(=S)NCCCn2nc(C(F)(F)F)c(Cl)c2C2CC2)c1. The van der Waals surface area contributed by atoms with E-state index in [1.807, 2.05) is 18.2 Å². The van der Waals surface area contributed by atoms with E-state index in [9.17, 15) is 13.2 Å². The summed E-state index contributed by atoms with van der Waals surface area (Å²) in [5.74, 6) is 0.774. The number of aryl methyl sites for hydroxylation is 1. The van der Waals surface area contributed by atoms with Crippen molar-refractivity contribution in [3.63, 3.8) is 0 Å². The molecule has 1 saturated carbocycles. The molecule has 28 heavy (non-hydrogen) atoms. The molecular weight excluding hydrogens is 413 g/mol. The third-order valence-electron chi connectivity index (χ3n) is 4.32. The summed E-state index contributed by atoms with van der Waals surface area (Å²) in [6.45, 7) is 0.815. The third-order valence-corrected chi connectivity index (χ3v) is 4.94. The number of methoxy groups -OCH3 is 1. The molecule has 1 fully saturated rings. The Morgan fingerprint density at radius 1 is 1.39 bits per heavy atom. The van der Waals surface area contributed by atoms with E-state index in [0.29, 0.717) is 36.1 Å². The average Bonchev–Trinajstić information content (AvgIpc) is 3.41. The number of halogens is 4. The predicted octanol–water partition coefficient (Wildman–Crippen LogP) is 4.82. The number of aromatic nitrogens is 2. The number of thiocarbonyl (C=S) groups is 1. The molecule has 0 saturated heterocycles. The van der Waals surface area contributed by atoms with Gasteiger partial charge in [-0.3, -0.25) is 4.68 Å². The molecule has 1 aliphatic rings. The van der Waals surface area contributed by atoms with Gasteiger partial charge in [-0.15, -0.1) is 0 Å². The maximum absolute atomic E-state index is 13.1. The molecule has 3 rings (SSSR count). The lowest BCUT2D eigenvalue weighted by Gasteiger charge is -2.12. The predicted molar refractivity (Wildman–Crippen MR) is 106 cm³/mol. The van der Waals surface area contributed by atoms with Crippen LogP contribution in [0.1, 0.15) is 36.6 Å². The molecule has 1 heterocycles. The van der Waals surface area contributed by atoms with Crippen molar-refractivity contribution in [2.24, 2.45) is 0 Å². The molecule has 0 radical (unpaired) electrons. The third kappa shape index (κ3) is 5.08. The number of hydrogen-bond acceptors (Lipinski definition) is 3. The molecule has 1 aromatic heterocycles. The zero-order chi connectivity index (χ0) is 20.3. The highest BCUT2D eigenvalue weighted by molar-refractivity contribution is 7.80. The van der Waals surface area contributed by atoms with E-state index >= 15 is 0 Å². The molecule has 2 N–H and O–H groups in total. The van der Waals surface area contributed by atoms with Crippen LogP contribution in [0, 0.1) is 0 Å². The van der Waals surface area contributed by atoms with Gasteiger partial charge in [0, 0.05) is 30.8 Å². The molecular formula is C18H20ClF3N4OS. The molecule has 1 aliphatic carbocycles. The summed E-state index contributed by atoms with van der Waals surface area (Å²) in [7, 11) is 1.58. The Balaban J connectivity index is 1.53. The zero-order valence-electron chi connectivity index (χ0n) is 15.1. The summed E-state index contributed by atoms with van der Waals surface area (Å²) < 4.78 is 45.8. The highest BCUT2D eigenvalue weighted by Gasteiger charge is 2.41. The van der Waals surface area contributed by atoms with Gasteiger partial charge in [0.1, 0.15) is 5.75 Å². The highest BCUT2D eigenvalue weighted by atomic mass is 35.5. The van der Waals surface area contributed by atoms with Crippen LogP contribution in [0.25, 0.3) is 0 Å². The van der Waals surface area contributed by atoms with E-state index in [1.165, 1.54) is 4.68 Å². The minimum atomic E-state index is -4.55. The Morgan fingerprint density at radius 3 is 2.79 bits per heavy atom. The molecule has 0 spiro atoms. The number of nitrogens with one attached hydrogen (secondary N) is 2. The van der Waals surface area contributed by atoms with E-state index in [2.05, 4.69) is 15.7 Å². The second-order valence-corrected chi connectivity index (χ2v) is 7.30. The maximum Gasteiger partial charge on any atom is 0.436 e. The molecule has 0 bridgehead atoms. The van der Waals surface area contributed by atoms with Gasteiger partial charge in [0.25, 0.3) is 0 Å². The van der Waals surface area contributed by atoms with Crippen LogP contribution in [0.3, 0.4) is 0 Å². The fourth-order valence-electron chi connectivity index (χ4n) is 2.86. The first kappa shape index (κ1) is 20.7. The minimum Gasteiger partial charge on any atom is -0.497 e. The van der Waals surface area contributed by atoms with Gasteiger partial charge in [-0.2, -0.15) is 18.3 Å². The van der Waals surface area contributed by atoms with Gasteiger partial charge < -0.3 is 15.4 Å². The lowest BCUT2D eigenvalue weighted by Crippen LogP contribution is -2.30. The van der Waals surface area contributed by atoms with Crippen LogP contribution < -0.4 is 15.4 Å². The first-order chi connectivity index (χ1) is 13.3. The zero-order valence-corrected chi connectivity index (χ0v) is 16.7. The number of benzene rings is 1. The lowest BCUT2D eigenvalue weighted by molar-refractivity contribution is -0.141. The van der Waals surface area contributed by atoms with Crippen molar-refractivity contribution in [2.45, 2.75) is 37.9 Å². The summed E-state index contributed by atoms with van der Waals surface area (Å²) in [5, 5.41) is 9.95. The van der Waals surface area contributed by atoms with Crippen molar-refractivity contribution in [2.75, 3.05) is 19.0 Å². The Hall–Kier alpha value is -2.00. The summed E-state index contributed by atoms with van der Waals surface area (Å²) in [4.78, 5) is 0. The van der Waals surface area contributed by atoms with E-state index in [1.54, 1.807) is 13.2 Å². The monoisotopic (exact) mass is 432 g/mol. The van der Waals surface area contributed by atoms with Crippen LogP contribution in [0.2, 0.25) is 5.02 Å². The number of anilines is 1. The van der Waals surface area contributed by atoms with Gasteiger partial charge >= 0.3 is 6.18 Å². The van der Waals surface area contributed by atoms with E-state index in [0.717, 1.165) is 18.5 Å². The number of ether oxygens (including phenoxy) is 1. The fraction of sp³-hybridized carbons (Fsp3) is 0.444. The van der Waals surface area contributed by atoms with Crippen LogP contribution in [-0.4, -0.2) is 28.5 Å². The minimum absolute atomic E-state index is 0.0693. The van der Waals surface area contributed by atoms with Crippen molar-refractivity contribution in [3.8, 4) is 5.75 Å². The van der Waals surface area contributed by atoms with Crippen molar-refractivity contribution in [3.05, 3.63) is 40.7 Å². The van der Waals surface area contributed by atoms with Crippen LogP contribution in [0.5, 0.6) is 5.75 Å². The molecule has 10 heteroatoms. The Bertz CT molecular complexity index is 852. The van der Waals surface area contributed by atoms with Crippen LogP contribution in [0.4, 0.5) is 18.9 Å². The molecule has 2 aromatic rings. The second-order valence-electron chi connectivity index (χ2n) is 6.51. The lowest BCUT2D eigenvalue weighted by atomic mass is 10.2. The van der Waals surface area contributed by atoms with Crippen LogP contribution in [-0.2, 0) is 12.7 Å². The van der Waals surface area contributed by atoms with Crippen molar-refractivity contribution >= 4 is 34.6 Å². The topological polar surface area (TPSA) is 51.1 Å². The fourth-order valence-corrected chi connectivity index (χ4v) is 3.47. The van der Waals surface area contributed by atoms with Crippen molar-refractivity contribution in [1.29, 1.82) is 0 Å². The van der Waals surface area contributed by atoms with E-state index in [4.69, 9.17) is 28.6 Å². The standard InChI is InChI=1S/C18H20ClF3N4OS/c1-27-13-5-2-4-12(10-13)24-17(28)23-8-3-9-26-15(11-6-7-11)14(19)16(25-26)18(20,21)22/h2,4-5,10-11H,3,6-9H2,1H3,(H2,23,24,28). The van der Waals surface area contributed by atoms with Crippen molar-refractivity contribution in [1.82, 2.24) is 15.1 Å². The summed E-state index contributed by atoms with van der Waals surface area (Å²) >= 11 is 11.2. The molecule has 5 nitrogen and oxygen atoms in total. The Kier molecular flexibility index (Phi) is 6.34. The Morgan fingerprint density at radius 2 is 2.14 bits per heavy atom. The molecule has 1 aromatic carbocycles.